The number of benzene rings is 2. The molecule has 2 aromatic carbocycles. The van der Waals surface area contributed by atoms with Gasteiger partial charge in [-0.05, 0) is 37.5 Å². The van der Waals surface area contributed by atoms with Gasteiger partial charge in [-0.15, -0.1) is 0 Å². The van der Waals surface area contributed by atoms with Crippen molar-refractivity contribution < 1.29 is 9.59 Å². The van der Waals surface area contributed by atoms with Crippen LogP contribution in [-0.2, 0) is 9.59 Å². The number of hydrogen-bond acceptors (Lipinski definition) is 4. The first-order chi connectivity index (χ1) is 14.4. The summed E-state index contributed by atoms with van der Waals surface area (Å²) in [5.74, 6) is 0.0443. The molecule has 2 N–H and O–H groups in total. The quantitative estimate of drug-likeness (QED) is 0.739. The standard InChI is InChI=1S/C24H32N4O2/c1-18-8-7-9-19(2)24(18)26-23(30)17-28-14-12-27(13-15-28)16-22(29)25-20(3)21-10-5-4-6-11-21/h4-11,20H,12-17H2,1-3H3,(H,25,29)(H,26,30)/t20-/m0/s1. The number of anilines is 1. The van der Waals surface area contributed by atoms with Crippen LogP contribution in [0.5, 0.6) is 0 Å². The summed E-state index contributed by atoms with van der Waals surface area (Å²) in [5.41, 5.74) is 4.16. The van der Waals surface area contributed by atoms with E-state index in [-0.39, 0.29) is 17.9 Å². The molecule has 0 saturated carbocycles. The van der Waals surface area contributed by atoms with Gasteiger partial charge in [-0.3, -0.25) is 19.4 Å². The molecule has 0 spiro atoms. The molecule has 160 valence electrons. The van der Waals surface area contributed by atoms with Crippen molar-refractivity contribution in [2.45, 2.75) is 26.8 Å². The number of para-hydroxylation sites is 1. The molecule has 1 aliphatic rings. The fraction of sp³-hybridized carbons (Fsp3) is 0.417. The molecule has 2 aromatic rings. The molecule has 1 heterocycles. The Bertz CT molecular complexity index is 841. The smallest absolute Gasteiger partial charge is 0.238 e. The van der Waals surface area contributed by atoms with Gasteiger partial charge >= 0.3 is 0 Å². The molecule has 0 unspecified atom stereocenters. The highest BCUT2D eigenvalue weighted by atomic mass is 16.2. The summed E-state index contributed by atoms with van der Waals surface area (Å²) in [6, 6.07) is 16.0. The number of piperazine rings is 1. The molecule has 0 bridgehead atoms. The van der Waals surface area contributed by atoms with Gasteiger partial charge < -0.3 is 10.6 Å². The van der Waals surface area contributed by atoms with Crippen molar-refractivity contribution in [1.82, 2.24) is 15.1 Å². The molecule has 6 nitrogen and oxygen atoms in total. The highest BCUT2D eigenvalue weighted by Crippen LogP contribution is 2.19. The second-order valence-electron chi connectivity index (χ2n) is 8.07. The fourth-order valence-electron chi connectivity index (χ4n) is 3.81. The highest BCUT2D eigenvalue weighted by Gasteiger charge is 2.21. The SMILES string of the molecule is Cc1cccc(C)c1NC(=O)CN1CCN(CC(=O)N[C@@H](C)c2ccccc2)CC1. The van der Waals surface area contributed by atoms with Crippen LogP contribution in [0.15, 0.2) is 48.5 Å². The van der Waals surface area contributed by atoms with Crippen molar-refractivity contribution in [3.8, 4) is 0 Å². The number of rotatable bonds is 7. The Morgan fingerprint density at radius 1 is 0.833 bits per heavy atom. The summed E-state index contributed by atoms with van der Waals surface area (Å²) in [6.45, 7) is 9.89. The van der Waals surface area contributed by atoms with Gasteiger partial charge in [0.2, 0.25) is 11.8 Å². The predicted molar refractivity (Wildman–Crippen MR) is 120 cm³/mol. The van der Waals surface area contributed by atoms with Crippen LogP contribution in [0.4, 0.5) is 5.69 Å². The van der Waals surface area contributed by atoms with Gasteiger partial charge in [0.1, 0.15) is 0 Å². The predicted octanol–water partition coefficient (Wildman–Crippen LogP) is 2.74. The van der Waals surface area contributed by atoms with E-state index in [1.807, 2.05) is 69.3 Å². The van der Waals surface area contributed by atoms with Crippen LogP contribution in [0.1, 0.15) is 29.7 Å². The minimum absolute atomic E-state index is 0.00594. The fourth-order valence-corrected chi connectivity index (χ4v) is 3.81. The Balaban J connectivity index is 1.40. The van der Waals surface area contributed by atoms with Crippen molar-refractivity contribution in [3.63, 3.8) is 0 Å². The summed E-state index contributed by atoms with van der Waals surface area (Å²) in [5, 5.41) is 6.11. The topological polar surface area (TPSA) is 64.7 Å². The van der Waals surface area contributed by atoms with Crippen molar-refractivity contribution in [3.05, 3.63) is 65.2 Å². The minimum atomic E-state index is -0.00594. The van der Waals surface area contributed by atoms with E-state index in [1.165, 1.54) is 0 Å². The van der Waals surface area contributed by atoms with Crippen molar-refractivity contribution in [2.75, 3.05) is 44.6 Å². The molecule has 3 rings (SSSR count). The summed E-state index contributed by atoms with van der Waals surface area (Å²) >= 11 is 0. The third-order valence-electron chi connectivity index (χ3n) is 5.62. The zero-order chi connectivity index (χ0) is 21.5. The maximum Gasteiger partial charge on any atom is 0.238 e. The summed E-state index contributed by atoms with van der Waals surface area (Å²) < 4.78 is 0. The Kier molecular flexibility index (Phi) is 7.60. The van der Waals surface area contributed by atoms with Crippen molar-refractivity contribution >= 4 is 17.5 Å². The van der Waals surface area contributed by atoms with Crippen molar-refractivity contribution in [1.29, 1.82) is 0 Å². The van der Waals surface area contributed by atoms with Crippen LogP contribution >= 0.6 is 0 Å². The van der Waals surface area contributed by atoms with E-state index in [2.05, 4.69) is 20.4 Å². The van der Waals surface area contributed by atoms with Gasteiger partial charge in [0.15, 0.2) is 0 Å². The molecule has 30 heavy (non-hydrogen) atoms. The lowest BCUT2D eigenvalue weighted by Crippen LogP contribution is -2.51. The number of aryl methyl sites for hydroxylation is 2. The van der Waals surface area contributed by atoms with Crippen molar-refractivity contribution in [2.24, 2.45) is 0 Å². The molecule has 0 aromatic heterocycles. The van der Waals surface area contributed by atoms with E-state index < -0.39 is 0 Å². The number of nitrogens with one attached hydrogen (secondary N) is 2. The Labute approximate surface area is 179 Å². The monoisotopic (exact) mass is 408 g/mol. The second kappa shape index (κ2) is 10.4. The zero-order valence-corrected chi connectivity index (χ0v) is 18.1. The molecule has 0 aliphatic carbocycles. The van der Waals surface area contributed by atoms with Gasteiger partial charge in [0.05, 0.1) is 19.1 Å². The van der Waals surface area contributed by atoms with Crippen LogP contribution in [0, 0.1) is 13.8 Å². The van der Waals surface area contributed by atoms with E-state index in [0.29, 0.717) is 13.1 Å². The van der Waals surface area contributed by atoms with Crippen LogP contribution in [-0.4, -0.2) is 60.9 Å². The second-order valence-corrected chi connectivity index (χ2v) is 8.07. The van der Waals surface area contributed by atoms with Crippen LogP contribution < -0.4 is 10.6 Å². The third-order valence-corrected chi connectivity index (χ3v) is 5.62. The van der Waals surface area contributed by atoms with E-state index in [1.54, 1.807) is 0 Å². The van der Waals surface area contributed by atoms with Crippen LogP contribution in [0.25, 0.3) is 0 Å². The van der Waals surface area contributed by atoms with Gasteiger partial charge in [0, 0.05) is 31.9 Å². The van der Waals surface area contributed by atoms with Crippen LogP contribution in [0.3, 0.4) is 0 Å². The first kappa shape index (κ1) is 22.0. The average Bonchev–Trinajstić information content (AvgIpc) is 2.73. The molecule has 0 radical (unpaired) electrons. The molecular formula is C24H32N4O2. The van der Waals surface area contributed by atoms with Gasteiger partial charge in [0.25, 0.3) is 0 Å². The van der Waals surface area contributed by atoms with Gasteiger partial charge in [-0.2, -0.15) is 0 Å². The lowest BCUT2D eigenvalue weighted by atomic mass is 10.1. The normalized spacial score (nSPS) is 16.1. The van der Waals surface area contributed by atoms with Crippen LogP contribution in [0.2, 0.25) is 0 Å². The average molecular weight is 409 g/mol. The number of carbonyl (C=O) groups is 2. The number of nitrogens with zero attached hydrogens (tertiary/aromatic N) is 2. The summed E-state index contributed by atoms with van der Waals surface area (Å²) in [7, 11) is 0. The highest BCUT2D eigenvalue weighted by molar-refractivity contribution is 5.93. The largest absolute Gasteiger partial charge is 0.348 e. The van der Waals surface area contributed by atoms with Gasteiger partial charge in [-0.25, -0.2) is 0 Å². The molecule has 1 aliphatic heterocycles. The minimum Gasteiger partial charge on any atom is -0.348 e. The summed E-state index contributed by atoms with van der Waals surface area (Å²) in [6.07, 6.45) is 0. The van der Waals surface area contributed by atoms with E-state index in [0.717, 1.165) is 48.6 Å². The first-order valence-electron chi connectivity index (χ1n) is 10.6. The van der Waals surface area contributed by atoms with E-state index in [4.69, 9.17) is 0 Å². The summed E-state index contributed by atoms with van der Waals surface area (Å²) in [4.78, 5) is 29.1. The Morgan fingerprint density at radius 3 is 1.93 bits per heavy atom. The molecular weight excluding hydrogens is 376 g/mol. The lowest BCUT2D eigenvalue weighted by Gasteiger charge is -2.34. The number of amides is 2. The first-order valence-corrected chi connectivity index (χ1v) is 10.6. The molecule has 2 amide bonds. The molecule has 1 saturated heterocycles. The van der Waals surface area contributed by atoms with Gasteiger partial charge in [-0.1, -0.05) is 48.5 Å². The Hall–Kier alpha value is -2.70. The Morgan fingerprint density at radius 2 is 1.37 bits per heavy atom. The molecule has 1 fully saturated rings. The maximum absolute atomic E-state index is 12.5. The van der Waals surface area contributed by atoms with E-state index in [9.17, 15) is 9.59 Å². The number of hydrogen-bond donors (Lipinski definition) is 2. The number of carbonyl (C=O) groups excluding carboxylic acids is 2. The molecule has 1 atom stereocenters. The maximum atomic E-state index is 12.5. The third kappa shape index (κ3) is 6.15. The zero-order valence-electron chi connectivity index (χ0n) is 18.1. The van der Waals surface area contributed by atoms with E-state index >= 15 is 0 Å². The lowest BCUT2D eigenvalue weighted by molar-refractivity contribution is -0.124. The molecule has 6 heteroatoms.